The summed E-state index contributed by atoms with van der Waals surface area (Å²) in [5.74, 6) is 1.53. The van der Waals surface area contributed by atoms with E-state index in [0.29, 0.717) is 12.1 Å². The van der Waals surface area contributed by atoms with Crippen LogP contribution >= 0.6 is 0 Å². The van der Waals surface area contributed by atoms with E-state index in [9.17, 15) is 4.79 Å². The van der Waals surface area contributed by atoms with Crippen molar-refractivity contribution in [3.8, 4) is 0 Å². The van der Waals surface area contributed by atoms with Crippen molar-refractivity contribution in [2.45, 2.75) is 45.4 Å². The van der Waals surface area contributed by atoms with Crippen LogP contribution in [0.5, 0.6) is 0 Å². The smallest absolute Gasteiger partial charge is 0.411 e. The van der Waals surface area contributed by atoms with E-state index in [1.165, 1.54) is 13.0 Å². The second-order valence-corrected chi connectivity index (χ2v) is 6.65. The zero-order valence-electron chi connectivity index (χ0n) is 11.0. The minimum absolute atomic E-state index is 0.127. The van der Waals surface area contributed by atoms with Gasteiger partial charge in [0.05, 0.1) is 6.17 Å². The maximum absolute atomic E-state index is 12.2. The summed E-state index contributed by atoms with van der Waals surface area (Å²) in [6, 6.07) is 0. The lowest BCUT2D eigenvalue weighted by Crippen LogP contribution is -2.68. The molecular weight excluding hydrogens is 216 g/mol. The molecule has 4 nitrogen and oxygen atoms in total. The topological polar surface area (TPSA) is 32.8 Å². The third-order valence-electron chi connectivity index (χ3n) is 4.28. The van der Waals surface area contributed by atoms with Crippen molar-refractivity contribution in [1.82, 2.24) is 9.80 Å². The molecule has 17 heavy (non-hydrogen) atoms. The van der Waals surface area contributed by atoms with Crippen LogP contribution < -0.4 is 0 Å². The summed E-state index contributed by atoms with van der Waals surface area (Å²) >= 11 is 0. The number of piperidine rings is 4. The number of carbonyl (C=O) groups is 1. The van der Waals surface area contributed by atoms with Crippen LogP contribution in [-0.2, 0) is 4.74 Å². The summed E-state index contributed by atoms with van der Waals surface area (Å²) in [6.45, 7) is 9.04. The standard InChI is InChI=1S/C13H22N2O2/c1-13(2,3)17-12(16)15-8-10-7-14-5-4-9(10)6-11(14)15/h9-11H,4-8H2,1-3H3. The summed E-state index contributed by atoms with van der Waals surface area (Å²) in [4.78, 5) is 16.6. The molecule has 0 spiro atoms. The number of hydrogen-bond acceptors (Lipinski definition) is 3. The molecule has 5 aliphatic rings. The highest BCUT2D eigenvalue weighted by Crippen LogP contribution is 2.43. The van der Waals surface area contributed by atoms with Crippen LogP contribution in [0.1, 0.15) is 33.6 Å². The molecule has 5 saturated heterocycles. The van der Waals surface area contributed by atoms with Crippen molar-refractivity contribution in [2.24, 2.45) is 11.8 Å². The highest BCUT2D eigenvalue weighted by molar-refractivity contribution is 5.69. The lowest BCUT2D eigenvalue weighted by Gasteiger charge is -2.59. The van der Waals surface area contributed by atoms with Crippen LogP contribution in [0.25, 0.3) is 0 Å². The SMILES string of the molecule is CC(C)(C)OC(=O)N1CC2CN3CCC2CC31. The fourth-order valence-corrected chi connectivity index (χ4v) is 3.53. The van der Waals surface area contributed by atoms with Crippen molar-refractivity contribution in [3.63, 3.8) is 0 Å². The molecule has 1 amide bonds. The highest BCUT2D eigenvalue weighted by Gasteiger charge is 2.50. The Bertz CT molecular complexity index is 337. The average Bonchev–Trinajstić information content (AvgIpc) is 2.26. The molecule has 0 saturated carbocycles. The molecule has 0 radical (unpaired) electrons. The van der Waals surface area contributed by atoms with Gasteiger partial charge < -0.3 is 4.74 Å². The van der Waals surface area contributed by atoms with Gasteiger partial charge in [0.25, 0.3) is 0 Å². The number of hydrogen-bond donors (Lipinski definition) is 0. The predicted molar refractivity (Wildman–Crippen MR) is 64.5 cm³/mol. The van der Waals surface area contributed by atoms with E-state index in [4.69, 9.17) is 4.74 Å². The second-order valence-electron chi connectivity index (χ2n) is 6.65. The van der Waals surface area contributed by atoms with Gasteiger partial charge in [-0.05, 0) is 45.4 Å². The first-order chi connectivity index (χ1) is 7.94. The van der Waals surface area contributed by atoms with E-state index in [2.05, 4.69) is 4.90 Å². The molecule has 0 aliphatic carbocycles. The van der Waals surface area contributed by atoms with E-state index in [-0.39, 0.29) is 11.7 Å². The zero-order chi connectivity index (χ0) is 12.2. The van der Waals surface area contributed by atoms with Crippen LogP contribution in [0, 0.1) is 11.8 Å². The van der Waals surface area contributed by atoms with Crippen molar-refractivity contribution in [1.29, 1.82) is 0 Å². The van der Waals surface area contributed by atoms with E-state index < -0.39 is 0 Å². The Morgan fingerprint density at radius 1 is 1.24 bits per heavy atom. The summed E-state index contributed by atoms with van der Waals surface area (Å²) in [7, 11) is 0. The van der Waals surface area contributed by atoms with Gasteiger partial charge in [-0.1, -0.05) is 0 Å². The van der Waals surface area contributed by atoms with Crippen molar-refractivity contribution >= 4 is 6.09 Å². The fraction of sp³-hybridized carbons (Fsp3) is 0.923. The number of ether oxygens (including phenoxy) is 1. The van der Waals surface area contributed by atoms with Gasteiger partial charge in [0, 0.05) is 19.6 Å². The molecule has 0 aromatic carbocycles. The molecule has 5 rings (SSSR count). The van der Waals surface area contributed by atoms with E-state index in [1.54, 1.807) is 0 Å². The predicted octanol–water partition coefficient (Wildman–Crippen LogP) is 1.91. The molecule has 0 aromatic heterocycles. The Hall–Kier alpha value is -0.770. The van der Waals surface area contributed by atoms with E-state index in [0.717, 1.165) is 25.4 Å². The number of rotatable bonds is 0. The normalized spacial score (nSPS) is 39.6. The molecule has 5 fully saturated rings. The van der Waals surface area contributed by atoms with Gasteiger partial charge in [0.2, 0.25) is 0 Å². The first kappa shape index (κ1) is 11.3. The van der Waals surface area contributed by atoms with Crippen LogP contribution in [0.15, 0.2) is 0 Å². The van der Waals surface area contributed by atoms with Crippen LogP contribution in [0.3, 0.4) is 0 Å². The quantitative estimate of drug-likeness (QED) is 0.646. The lowest BCUT2D eigenvalue weighted by atomic mass is 9.74. The van der Waals surface area contributed by atoms with Crippen LogP contribution in [-0.4, -0.2) is 47.3 Å². The summed E-state index contributed by atoms with van der Waals surface area (Å²) in [5, 5.41) is 0. The Morgan fingerprint density at radius 2 is 2.00 bits per heavy atom. The molecule has 5 heterocycles. The van der Waals surface area contributed by atoms with Crippen LogP contribution in [0.4, 0.5) is 4.79 Å². The lowest BCUT2D eigenvalue weighted by molar-refractivity contribution is -0.130. The third kappa shape index (κ3) is 1.92. The molecular formula is C13H22N2O2. The van der Waals surface area contributed by atoms with Crippen molar-refractivity contribution < 1.29 is 9.53 Å². The first-order valence-electron chi connectivity index (χ1n) is 6.68. The largest absolute Gasteiger partial charge is 0.444 e. The fourth-order valence-electron chi connectivity index (χ4n) is 3.53. The highest BCUT2D eigenvalue weighted by atomic mass is 16.6. The molecule has 0 N–H and O–H groups in total. The van der Waals surface area contributed by atoms with Gasteiger partial charge in [0.1, 0.15) is 5.60 Å². The minimum atomic E-state index is -0.387. The maximum atomic E-state index is 12.2. The first-order valence-corrected chi connectivity index (χ1v) is 6.68. The van der Waals surface area contributed by atoms with Crippen LogP contribution in [0.2, 0.25) is 0 Å². The number of amides is 1. The summed E-state index contributed by atoms with van der Waals surface area (Å²) < 4.78 is 5.50. The molecule has 96 valence electrons. The maximum Gasteiger partial charge on any atom is 0.411 e. The van der Waals surface area contributed by atoms with Gasteiger partial charge in [-0.15, -0.1) is 0 Å². The summed E-state index contributed by atoms with van der Waals surface area (Å²) in [6.07, 6.45) is 2.67. The Balaban J connectivity index is 1.72. The third-order valence-corrected chi connectivity index (χ3v) is 4.28. The number of nitrogens with zero attached hydrogens (tertiary/aromatic N) is 2. The minimum Gasteiger partial charge on any atom is -0.444 e. The Morgan fingerprint density at radius 3 is 2.53 bits per heavy atom. The van der Waals surface area contributed by atoms with E-state index >= 15 is 0 Å². The molecule has 5 aliphatic heterocycles. The van der Waals surface area contributed by atoms with Crippen molar-refractivity contribution in [3.05, 3.63) is 0 Å². The molecule has 4 heteroatoms. The average molecular weight is 238 g/mol. The Labute approximate surface area is 103 Å². The zero-order valence-corrected chi connectivity index (χ0v) is 11.0. The van der Waals surface area contributed by atoms with Gasteiger partial charge >= 0.3 is 6.09 Å². The summed E-state index contributed by atoms with van der Waals surface area (Å²) in [5.41, 5.74) is -0.387. The molecule has 4 unspecified atom stereocenters. The second kappa shape index (κ2) is 3.61. The van der Waals surface area contributed by atoms with E-state index in [1.807, 2.05) is 25.7 Å². The molecule has 4 atom stereocenters. The Kier molecular flexibility index (Phi) is 2.41. The van der Waals surface area contributed by atoms with Crippen molar-refractivity contribution in [2.75, 3.05) is 19.6 Å². The van der Waals surface area contributed by atoms with Gasteiger partial charge in [-0.3, -0.25) is 9.80 Å². The van der Waals surface area contributed by atoms with Gasteiger partial charge in [0.15, 0.2) is 0 Å². The van der Waals surface area contributed by atoms with Gasteiger partial charge in [-0.25, -0.2) is 4.79 Å². The number of carbonyl (C=O) groups excluding carboxylic acids is 1. The number of fused-ring (bicyclic) bond motifs is 2. The molecule has 0 aromatic rings. The monoisotopic (exact) mass is 238 g/mol. The molecule has 4 bridgehead atoms. The van der Waals surface area contributed by atoms with Gasteiger partial charge in [-0.2, -0.15) is 0 Å².